The van der Waals surface area contributed by atoms with Gasteiger partial charge in [-0.2, -0.15) is 4.98 Å². The van der Waals surface area contributed by atoms with Gasteiger partial charge in [-0.15, -0.1) is 0 Å². The number of pyridine rings is 1. The fourth-order valence-electron chi connectivity index (χ4n) is 3.54. The molecule has 152 valence electrons. The number of nitrogens with zero attached hydrogens (tertiary/aromatic N) is 5. The topological polar surface area (TPSA) is 130 Å². The lowest BCUT2D eigenvalue weighted by Crippen LogP contribution is -2.52. The summed E-state index contributed by atoms with van der Waals surface area (Å²) < 4.78 is 0. The SMILES string of the molecule is C[C@H]1CN(c2ccc(Nc3ncc4cc(C(=O)O)[nH]c4n3)nc2)CCN1CCO. The second kappa shape index (κ2) is 8.02. The highest BCUT2D eigenvalue weighted by atomic mass is 16.4. The van der Waals surface area contributed by atoms with Gasteiger partial charge in [-0.3, -0.25) is 4.90 Å². The number of carboxylic acids is 1. The number of piperazine rings is 1. The third kappa shape index (κ3) is 4.13. The highest BCUT2D eigenvalue weighted by molar-refractivity contribution is 5.92. The Labute approximate surface area is 167 Å². The van der Waals surface area contributed by atoms with Gasteiger partial charge in [-0.1, -0.05) is 0 Å². The second-order valence-electron chi connectivity index (χ2n) is 7.07. The molecule has 29 heavy (non-hydrogen) atoms. The van der Waals surface area contributed by atoms with E-state index in [9.17, 15) is 4.79 Å². The van der Waals surface area contributed by atoms with E-state index in [0.29, 0.717) is 35.4 Å². The molecule has 1 aliphatic heterocycles. The van der Waals surface area contributed by atoms with E-state index in [1.807, 2.05) is 18.3 Å². The number of hydrogen-bond donors (Lipinski definition) is 4. The van der Waals surface area contributed by atoms with Crippen molar-refractivity contribution in [1.82, 2.24) is 24.8 Å². The number of rotatable bonds is 6. The summed E-state index contributed by atoms with van der Waals surface area (Å²) in [5.74, 6) is -0.103. The van der Waals surface area contributed by atoms with E-state index in [2.05, 4.69) is 42.0 Å². The summed E-state index contributed by atoms with van der Waals surface area (Å²) in [4.78, 5) is 31.3. The van der Waals surface area contributed by atoms with Gasteiger partial charge in [0.15, 0.2) is 0 Å². The quantitative estimate of drug-likeness (QED) is 0.486. The molecule has 4 heterocycles. The van der Waals surface area contributed by atoms with Crippen LogP contribution >= 0.6 is 0 Å². The first-order valence-electron chi connectivity index (χ1n) is 9.45. The van der Waals surface area contributed by atoms with E-state index in [-0.39, 0.29) is 12.3 Å². The molecule has 0 unspecified atom stereocenters. The predicted octanol–water partition coefficient (Wildman–Crippen LogP) is 1.30. The number of nitrogens with one attached hydrogen (secondary N) is 2. The molecule has 10 nitrogen and oxygen atoms in total. The molecule has 3 aromatic heterocycles. The standard InChI is InChI=1S/C19H23N7O3/c1-12-11-26(5-4-25(12)6-7-27)14-2-3-16(20-10-14)23-19-21-9-13-8-15(18(28)29)22-17(13)24-19/h2-3,8-10,12,27H,4-7,11H2,1H3,(H,28,29)(H2,20,21,22,23,24)/t12-/m0/s1. The first kappa shape index (κ1) is 19.1. The number of carboxylic acid groups (broad SMARTS) is 1. The molecule has 1 atom stereocenters. The van der Waals surface area contributed by atoms with Crippen molar-refractivity contribution in [2.24, 2.45) is 0 Å². The van der Waals surface area contributed by atoms with Crippen molar-refractivity contribution < 1.29 is 15.0 Å². The third-order valence-corrected chi connectivity index (χ3v) is 5.11. The predicted molar refractivity (Wildman–Crippen MR) is 109 cm³/mol. The van der Waals surface area contributed by atoms with Crippen LogP contribution in [0.1, 0.15) is 17.4 Å². The first-order valence-corrected chi connectivity index (χ1v) is 9.45. The van der Waals surface area contributed by atoms with Crippen molar-refractivity contribution in [3.8, 4) is 0 Å². The van der Waals surface area contributed by atoms with Crippen molar-refractivity contribution >= 4 is 34.5 Å². The Bertz CT molecular complexity index is 1000. The molecule has 3 aromatic rings. The van der Waals surface area contributed by atoms with Crippen molar-refractivity contribution in [1.29, 1.82) is 0 Å². The fourth-order valence-corrected chi connectivity index (χ4v) is 3.54. The van der Waals surface area contributed by atoms with Gasteiger partial charge in [-0.05, 0) is 25.1 Å². The van der Waals surface area contributed by atoms with Gasteiger partial charge < -0.3 is 25.4 Å². The van der Waals surface area contributed by atoms with Crippen LogP contribution in [0.2, 0.25) is 0 Å². The molecule has 4 N–H and O–H groups in total. The highest BCUT2D eigenvalue weighted by Gasteiger charge is 2.23. The van der Waals surface area contributed by atoms with E-state index in [1.165, 1.54) is 6.07 Å². The maximum absolute atomic E-state index is 11.1. The summed E-state index contributed by atoms with van der Waals surface area (Å²) in [6.07, 6.45) is 3.38. The Balaban J connectivity index is 1.43. The molecule has 1 saturated heterocycles. The molecular formula is C19H23N7O3. The molecule has 0 aromatic carbocycles. The van der Waals surface area contributed by atoms with Crippen LogP contribution in [-0.2, 0) is 0 Å². The van der Waals surface area contributed by atoms with Gasteiger partial charge in [0.1, 0.15) is 17.2 Å². The lowest BCUT2D eigenvalue weighted by molar-refractivity contribution is 0.0691. The number of aromatic amines is 1. The number of aliphatic hydroxyl groups is 1. The van der Waals surface area contributed by atoms with E-state index in [0.717, 1.165) is 25.3 Å². The van der Waals surface area contributed by atoms with Gasteiger partial charge in [-0.25, -0.2) is 14.8 Å². The van der Waals surface area contributed by atoms with Gasteiger partial charge >= 0.3 is 5.97 Å². The Morgan fingerprint density at radius 1 is 1.31 bits per heavy atom. The number of H-pyrrole nitrogens is 1. The summed E-state index contributed by atoms with van der Waals surface area (Å²) >= 11 is 0. The van der Waals surface area contributed by atoms with E-state index in [4.69, 9.17) is 10.2 Å². The van der Waals surface area contributed by atoms with E-state index < -0.39 is 5.97 Å². The average molecular weight is 397 g/mol. The minimum absolute atomic E-state index is 0.0715. The zero-order valence-corrected chi connectivity index (χ0v) is 16.0. The van der Waals surface area contributed by atoms with Crippen LogP contribution in [-0.4, -0.2) is 79.8 Å². The number of carbonyl (C=O) groups is 1. The molecule has 1 fully saturated rings. The summed E-state index contributed by atoms with van der Waals surface area (Å²) in [5, 5.41) is 21.9. The Hall–Kier alpha value is -3.24. The molecule has 0 bridgehead atoms. The van der Waals surface area contributed by atoms with E-state index >= 15 is 0 Å². The monoisotopic (exact) mass is 397 g/mol. The third-order valence-electron chi connectivity index (χ3n) is 5.11. The van der Waals surface area contributed by atoms with Gasteiger partial charge in [0.05, 0.1) is 18.5 Å². The molecule has 0 aliphatic carbocycles. The molecule has 0 saturated carbocycles. The zero-order valence-electron chi connectivity index (χ0n) is 16.0. The van der Waals surface area contributed by atoms with Crippen molar-refractivity contribution in [2.75, 3.05) is 43.0 Å². The highest BCUT2D eigenvalue weighted by Crippen LogP contribution is 2.21. The Morgan fingerprint density at radius 3 is 2.86 bits per heavy atom. The minimum atomic E-state index is -1.04. The number of aromatic carboxylic acids is 1. The van der Waals surface area contributed by atoms with Crippen LogP contribution in [0.3, 0.4) is 0 Å². The van der Waals surface area contributed by atoms with E-state index in [1.54, 1.807) is 6.20 Å². The maximum Gasteiger partial charge on any atom is 0.352 e. The lowest BCUT2D eigenvalue weighted by Gasteiger charge is -2.40. The number of aromatic nitrogens is 4. The molecule has 1 aliphatic rings. The van der Waals surface area contributed by atoms with Crippen molar-refractivity contribution in [3.05, 3.63) is 36.3 Å². The summed E-state index contributed by atoms with van der Waals surface area (Å²) in [6.45, 7) is 5.72. The fraction of sp³-hybridized carbons (Fsp3) is 0.368. The van der Waals surface area contributed by atoms with Crippen LogP contribution in [0, 0.1) is 0 Å². The van der Waals surface area contributed by atoms with Crippen LogP contribution in [0.5, 0.6) is 0 Å². The summed E-state index contributed by atoms with van der Waals surface area (Å²) in [6, 6.07) is 5.73. The largest absolute Gasteiger partial charge is 0.477 e. The van der Waals surface area contributed by atoms with Crippen molar-refractivity contribution in [3.63, 3.8) is 0 Å². The molecular weight excluding hydrogens is 374 g/mol. The molecule has 0 amide bonds. The number of anilines is 3. The molecule has 10 heteroatoms. The van der Waals surface area contributed by atoms with Crippen LogP contribution in [0.15, 0.2) is 30.6 Å². The molecule has 0 radical (unpaired) electrons. The average Bonchev–Trinajstić information content (AvgIpc) is 3.14. The van der Waals surface area contributed by atoms with Crippen LogP contribution in [0.25, 0.3) is 11.0 Å². The normalized spacial score (nSPS) is 17.6. The number of aliphatic hydroxyl groups excluding tert-OH is 1. The lowest BCUT2D eigenvalue weighted by atomic mass is 10.2. The Kier molecular flexibility index (Phi) is 5.28. The van der Waals surface area contributed by atoms with Crippen LogP contribution < -0.4 is 10.2 Å². The summed E-state index contributed by atoms with van der Waals surface area (Å²) in [5.41, 5.74) is 1.56. The molecule has 4 rings (SSSR count). The zero-order chi connectivity index (χ0) is 20.4. The summed E-state index contributed by atoms with van der Waals surface area (Å²) in [7, 11) is 0. The van der Waals surface area contributed by atoms with Gasteiger partial charge in [0, 0.05) is 43.8 Å². The maximum atomic E-state index is 11.1. The minimum Gasteiger partial charge on any atom is -0.477 e. The van der Waals surface area contributed by atoms with Crippen LogP contribution in [0.4, 0.5) is 17.5 Å². The Morgan fingerprint density at radius 2 is 2.17 bits per heavy atom. The number of β-amino-alcohol motifs (C(OH)–C–C–N with tert-alkyl or cyclic N) is 1. The first-order chi connectivity index (χ1) is 14.0. The number of fused-ring (bicyclic) bond motifs is 1. The van der Waals surface area contributed by atoms with Gasteiger partial charge in [0.2, 0.25) is 5.95 Å². The van der Waals surface area contributed by atoms with Gasteiger partial charge in [0.25, 0.3) is 0 Å². The second-order valence-corrected chi connectivity index (χ2v) is 7.07. The smallest absolute Gasteiger partial charge is 0.352 e. The molecule has 0 spiro atoms. The van der Waals surface area contributed by atoms with Crippen molar-refractivity contribution in [2.45, 2.75) is 13.0 Å². The number of hydrogen-bond acceptors (Lipinski definition) is 8.